The highest BCUT2D eigenvalue weighted by Crippen LogP contribution is 2.24. The van der Waals surface area contributed by atoms with Gasteiger partial charge in [-0.15, -0.1) is 6.58 Å². The van der Waals surface area contributed by atoms with E-state index in [-0.39, 0.29) is 6.04 Å². The van der Waals surface area contributed by atoms with Crippen molar-refractivity contribution in [3.63, 3.8) is 0 Å². The molecule has 0 aliphatic rings. The van der Waals surface area contributed by atoms with Gasteiger partial charge in [0, 0.05) is 49.3 Å². The molecule has 0 saturated heterocycles. The van der Waals surface area contributed by atoms with Gasteiger partial charge in [0.15, 0.2) is 0 Å². The fourth-order valence-electron chi connectivity index (χ4n) is 4.90. The van der Waals surface area contributed by atoms with E-state index in [4.69, 9.17) is 0 Å². The Kier molecular flexibility index (Phi) is 13.9. The van der Waals surface area contributed by atoms with Gasteiger partial charge in [-0.1, -0.05) is 69.4 Å². The minimum Gasteiger partial charge on any atom is -0.391 e. The highest BCUT2D eigenvalue weighted by atomic mass is 19.1. The zero-order valence-electron chi connectivity index (χ0n) is 25.4. The minimum atomic E-state index is -1.46. The van der Waals surface area contributed by atoms with Crippen molar-refractivity contribution in [2.45, 2.75) is 83.5 Å². The Hall–Kier alpha value is -3.18. The van der Waals surface area contributed by atoms with Crippen LogP contribution in [0, 0.1) is 0 Å². The molecule has 1 unspecified atom stereocenters. The summed E-state index contributed by atoms with van der Waals surface area (Å²) in [5.74, 6) is 0. The fourth-order valence-corrected chi connectivity index (χ4v) is 4.90. The van der Waals surface area contributed by atoms with E-state index in [1.54, 1.807) is 12.3 Å². The maximum atomic E-state index is 14.2. The first kappa shape index (κ1) is 33.0. The molecule has 0 radical (unpaired) electrons. The zero-order valence-corrected chi connectivity index (χ0v) is 25.4. The van der Waals surface area contributed by atoms with Gasteiger partial charge < -0.3 is 10.6 Å². The van der Waals surface area contributed by atoms with Crippen molar-refractivity contribution < 1.29 is 4.39 Å². The normalized spacial score (nSPS) is 12.2. The largest absolute Gasteiger partial charge is 0.391 e. The molecular weight excluding hydrogens is 495 g/mol. The summed E-state index contributed by atoms with van der Waals surface area (Å²) in [5.41, 5.74) is 5.60. The lowest BCUT2D eigenvalue weighted by Gasteiger charge is -2.30. The number of likely N-dealkylation sites (N-methyl/N-ethyl adjacent to an activating group) is 2. The number of pyridine rings is 1. The summed E-state index contributed by atoms with van der Waals surface area (Å²) in [6, 6.07) is 10.7. The van der Waals surface area contributed by atoms with Gasteiger partial charge >= 0.3 is 0 Å². The van der Waals surface area contributed by atoms with Gasteiger partial charge in [-0.25, -0.2) is 4.39 Å². The molecule has 0 saturated carbocycles. The van der Waals surface area contributed by atoms with Crippen molar-refractivity contribution in [2.75, 3.05) is 20.6 Å². The highest BCUT2D eigenvalue weighted by Gasteiger charge is 2.21. The van der Waals surface area contributed by atoms with Crippen LogP contribution in [0.3, 0.4) is 0 Å². The molecule has 1 atom stereocenters. The molecule has 2 N–H and O–H groups in total. The van der Waals surface area contributed by atoms with Crippen molar-refractivity contribution in [2.24, 2.45) is 0 Å². The maximum absolute atomic E-state index is 14.2. The Morgan fingerprint density at radius 3 is 2.48 bits per heavy atom. The summed E-state index contributed by atoms with van der Waals surface area (Å²) in [6.07, 6.45) is 14.5. The van der Waals surface area contributed by atoms with E-state index in [1.165, 1.54) is 56.2 Å². The third-order valence-corrected chi connectivity index (χ3v) is 7.44. The lowest BCUT2D eigenvalue weighted by molar-refractivity contribution is 0.214. The van der Waals surface area contributed by atoms with Gasteiger partial charge in [-0.3, -0.25) is 9.88 Å². The molecule has 0 amide bonds. The van der Waals surface area contributed by atoms with Gasteiger partial charge in [0.25, 0.3) is 0 Å². The Labute approximate surface area is 243 Å². The molecule has 2 aromatic rings. The molecule has 0 bridgehead atoms. The molecule has 5 heteroatoms. The van der Waals surface area contributed by atoms with Gasteiger partial charge in [0.2, 0.25) is 0 Å². The number of alkyl halides is 1. The topological polar surface area (TPSA) is 40.2 Å². The number of halogens is 1. The molecule has 0 fully saturated rings. The van der Waals surface area contributed by atoms with E-state index >= 15 is 0 Å². The number of hydrogen-bond acceptors (Lipinski definition) is 4. The molecule has 1 aromatic carbocycles. The first-order valence-corrected chi connectivity index (χ1v) is 14.6. The summed E-state index contributed by atoms with van der Waals surface area (Å²) in [4.78, 5) is 6.51. The molecule has 1 aromatic heterocycles. The lowest BCUT2D eigenvalue weighted by atomic mass is 9.98. The number of nitrogens with one attached hydrogen (secondary N) is 2. The minimum absolute atomic E-state index is 0.250. The van der Waals surface area contributed by atoms with Crippen molar-refractivity contribution in [3.05, 3.63) is 103 Å². The molecule has 0 aliphatic heterocycles. The third-order valence-electron chi connectivity index (χ3n) is 7.44. The van der Waals surface area contributed by atoms with E-state index < -0.39 is 5.67 Å². The monoisotopic (exact) mass is 546 g/mol. The first-order chi connectivity index (χ1) is 19.1. The van der Waals surface area contributed by atoms with E-state index in [9.17, 15) is 4.39 Å². The number of aryl methyl sites for hydroxylation is 1. The van der Waals surface area contributed by atoms with E-state index in [2.05, 4.69) is 72.1 Å². The van der Waals surface area contributed by atoms with Crippen molar-refractivity contribution in [1.82, 2.24) is 20.5 Å². The summed E-state index contributed by atoms with van der Waals surface area (Å²) in [6.45, 7) is 21.0. The fraction of sp³-hybridized carbons (Fsp3) is 0.457. The number of allylic oxidation sites excluding steroid dienone is 1. The van der Waals surface area contributed by atoms with Crippen molar-refractivity contribution >= 4 is 11.8 Å². The standard InChI is InChI=1S/C35H51FN4/c1-9-11-18-33(28(4)37-7)40(8)26-32-24-29(19-20-30(32)10-2)17-15-13-12-14-16-22-38-27(3)31-21-23-39-34(25-31)35(5,6)36/h9-10,19-21,23-25,33,37-38H,1-4,11-18,22,26H2,5-8H3. The van der Waals surface area contributed by atoms with E-state index in [1.807, 2.05) is 25.3 Å². The average molecular weight is 547 g/mol. The predicted molar refractivity (Wildman–Crippen MR) is 172 cm³/mol. The number of benzene rings is 1. The average Bonchev–Trinajstić information content (AvgIpc) is 2.94. The van der Waals surface area contributed by atoms with E-state index in [0.29, 0.717) is 5.69 Å². The second-order valence-electron chi connectivity index (χ2n) is 11.1. The number of hydrogen-bond donors (Lipinski definition) is 2. The number of rotatable bonds is 20. The lowest BCUT2D eigenvalue weighted by Crippen LogP contribution is -2.36. The Morgan fingerprint density at radius 2 is 1.80 bits per heavy atom. The summed E-state index contributed by atoms with van der Waals surface area (Å²) in [5, 5.41) is 6.62. The van der Waals surface area contributed by atoms with Gasteiger partial charge in [0.1, 0.15) is 5.67 Å². The van der Waals surface area contributed by atoms with Crippen LogP contribution in [0.15, 0.2) is 74.6 Å². The molecule has 4 nitrogen and oxygen atoms in total. The smallest absolute Gasteiger partial charge is 0.147 e. The van der Waals surface area contributed by atoms with Crippen LogP contribution >= 0.6 is 0 Å². The second kappa shape index (κ2) is 16.8. The van der Waals surface area contributed by atoms with Crippen molar-refractivity contribution in [3.8, 4) is 0 Å². The SMILES string of the molecule is C=CCCC(C(=C)NC)N(C)Cc1cc(CCCCCCCNC(=C)c2ccnc(C(C)(C)F)c2)ccc1C=C. The molecule has 40 heavy (non-hydrogen) atoms. The van der Waals surface area contributed by atoms with Crippen LogP contribution in [0.5, 0.6) is 0 Å². The van der Waals surface area contributed by atoms with E-state index in [0.717, 1.165) is 55.7 Å². The maximum Gasteiger partial charge on any atom is 0.147 e. The van der Waals surface area contributed by atoms with Gasteiger partial charge in [0.05, 0.1) is 5.69 Å². The highest BCUT2D eigenvalue weighted by molar-refractivity contribution is 5.61. The summed E-state index contributed by atoms with van der Waals surface area (Å²) in [7, 11) is 4.10. The van der Waals surface area contributed by atoms with Crippen LogP contribution in [-0.4, -0.2) is 36.6 Å². The quantitative estimate of drug-likeness (QED) is 0.130. The van der Waals surface area contributed by atoms with Gasteiger partial charge in [-0.05, 0) is 81.8 Å². The van der Waals surface area contributed by atoms with Crippen LogP contribution in [0.2, 0.25) is 0 Å². The Bertz CT molecular complexity index is 1110. The molecule has 218 valence electrons. The first-order valence-electron chi connectivity index (χ1n) is 14.6. The van der Waals surface area contributed by atoms with Crippen LogP contribution in [0.4, 0.5) is 4.39 Å². The number of unbranched alkanes of at least 4 members (excludes halogenated alkanes) is 4. The molecule has 2 rings (SSSR count). The second-order valence-corrected chi connectivity index (χ2v) is 11.1. The number of aromatic nitrogens is 1. The van der Waals surface area contributed by atoms with Gasteiger partial charge in [-0.2, -0.15) is 0 Å². The molecule has 0 aliphatic carbocycles. The Morgan fingerprint density at radius 1 is 1.07 bits per heavy atom. The van der Waals surface area contributed by atoms with Crippen LogP contribution < -0.4 is 10.6 Å². The predicted octanol–water partition coefficient (Wildman–Crippen LogP) is 8.18. The molecular formula is C35H51FN4. The van der Waals surface area contributed by atoms with Crippen LogP contribution in [0.25, 0.3) is 11.8 Å². The third kappa shape index (κ3) is 10.8. The van der Waals surface area contributed by atoms with Crippen LogP contribution in [-0.2, 0) is 18.6 Å². The molecule has 1 heterocycles. The van der Waals surface area contributed by atoms with Crippen LogP contribution in [0.1, 0.15) is 86.7 Å². The Balaban J connectivity index is 1.77. The summed E-state index contributed by atoms with van der Waals surface area (Å²) >= 11 is 0. The van der Waals surface area contributed by atoms with Crippen molar-refractivity contribution in [1.29, 1.82) is 0 Å². The number of nitrogens with zero attached hydrogens (tertiary/aromatic N) is 2. The molecule has 0 spiro atoms. The summed E-state index contributed by atoms with van der Waals surface area (Å²) < 4.78 is 14.2. The zero-order chi connectivity index (χ0) is 29.5.